The van der Waals surface area contributed by atoms with Crippen molar-refractivity contribution < 1.29 is 14.6 Å². The fourth-order valence-corrected chi connectivity index (χ4v) is 1.59. The normalized spacial score (nSPS) is 14.3. The van der Waals surface area contributed by atoms with Gasteiger partial charge in [0.15, 0.2) is 0 Å². The van der Waals surface area contributed by atoms with Gasteiger partial charge < -0.3 is 9.84 Å². The van der Waals surface area contributed by atoms with E-state index in [1.54, 1.807) is 14.0 Å². The van der Waals surface area contributed by atoms with Gasteiger partial charge in [-0.3, -0.25) is 5.32 Å². The van der Waals surface area contributed by atoms with Crippen LogP contribution in [0.1, 0.15) is 18.1 Å². The summed E-state index contributed by atoms with van der Waals surface area (Å²) >= 11 is 0. The number of ether oxygens (including phenoxy) is 1. The van der Waals surface area contributed by atoms with E-state index in [2.05, 4.69) is 5.32 Å². The van der Waals surface area contributed by atoms with Gasteiger partial charge in [0.2, 0.25) is 0 Å². The highest BCUT2D eigenvalue weighted by molar-refractivity contribution is 5.80. The number of methoxy groups -OCH3 is 1. The molecule has 0 spiro atoms. The number of benzene rings is 1. The Morgan fingerprint density at radius 1 is 1.41 bits per heavy atom. The molecule has 0 saturated heterocycles. The Morgan fingerprint density at radius 2 is 2.00 bits per heavy atom. The Kier molecular flexibility index (Phi) is 4.66. The molecule has 0 aliphatic carbocycles. The van der Waals surface area contributed by atoms with Crippen LogP contribution < -0.4 is 5.32 Å². The maximum Gasteiger partial charge on any atom is 0.328 e. The van der Waals surface area contributed by atoms with Gasteiger partial charge >= 0.3 is 5.97 Å². The molecule has 0 amide bonds. The number of rotatable bonds is 6. The second-order valence-electron chi connectivity index (χ2n) is 4.22. The zero-order valence-electron chi connectivity index (χ0n) is 10.5. The number of hydrogen-bond donors (Lipinski definition) is 2. The molecule has 0 bridgehead atoms. The molecular weight excluding hydrogens is 218 g/mol. The molecule has 0 aliphatic rings. The Balaban J connectivity index is 2.90. The smallest absolute Gasteiger partial charge is 0.328 e. The molecule has 0 saturated carbocycles. The lowest BCUT2D eigenvalue weighted by Crippen LogP contribution is -2.47. The lowest BCUT2D eigenvalue weighted by molar-refractivity contribution is -0.144. The molecule has 0 heterocycles. The summed E-state index contributed by atoms with van der Waals surface area (Å²) in [4.78, 5) is 11.4. The second-order valence-corrected chi connectivity index (χ2v) is 4.22. The molecule has 1 unspecified atom stereocenters. The molecule has 2 N–H and O–H groups in total. The van der Waals surface area contributed by atoms with Gasteiger partial charge in [-0.2, -0.15) is 0 Å². The number of nitrogens with one attached hydrogen (secondary N) is 1. The first-order chi connectivity index (χ1) is 8.00. The summed E-state index contributed by atoms with van der Waals surface area (Å²) in [6, 6.07) is 7.50. The highest BCUT2D eigenvalue weighted by Crippen LogP contribution is 2.21. The minimum absolute atomic E-state index is 0.481. The molecule has 4 heteroatoms. The van der Waals surface area contributed by atoms with E-state index in [9.17, 15) is 9.90 Å². The molecule has 1 rings (SSSR count). The third-order valence-electron chi connectivity index (χ3n) is 2.84. The predicted octanol–water partition coefficient (Wildman–Crippen LogP) is 1.53. The highest BCUT2D eigenvalue weighted by atomic mass is 16.5. The van der Waals surface area contributed by atoms with E-state index < -0.39 is 11.5 Å². The van der Waals surface area contributed by atoms with Gasteiger partial charge in [0.05, 0.1) is 6.61 Å². The number of hydrogen-bond acceptors (Lipinski definition) is 3. The quantitative estimate of drug-likeness (QED) is 0.737. The van der Waals surface area contributed by atoms with Crippen LogP contribution in [-0.2, 0) is 15.1 Å². The van der Waals surface area contributed by atoms with Gasteiger partial charge in [-0.1, -0.05) is 29.8 Å². The Labute approximate surface area is 102 Å². The maximum absolute atomic E-state index is 11.4. The lowest BCUT2D eigenvalue weighted by Gasteiger charge is -2.27. The number of carbonyl (C=O) groups is 1. The van der Waals surface area contributed by atoms with E-state index in [0.29, 0.717) is 13.2 Å². The molecule has 17 heavy (non-hydrogen) atoms. The van der Waals surface area contributed by atoms with Crippen molar-refractivity contribution in [2.45, 2.75) is 19.4 Å². The summed E-state index contributed by atoms with van der Waals surface area (Å²) in [7, 11) is 1.59. The van der Waals surface area contributed by atoms with Crippen LogP contribution in [0.3, 0.4) is 0 Å². The minimum Gasteiger partial charge on any atom is -0.480 e. The number of aryl methyl sites for hydroxylation is 1. The van der Waals surface area contributed by atoms with Crippen LogP contribution in [0.5, 0.6) is 0 Å². The first kappa shape index (κ1) is 13.7. The summed E-state index contributed by atoms with van der Waals surface area (Å²) in [5.74, 6) is -0.891. The maximum atomic E-state index is 11.4. The predicted molar refractivity (Wildman–Crippen MR) is 66.0 cm³/mol. The first-order valence-corrected chi connectivity index (χ1v) is 5.55. The Bertz CT molecular complexity index is 375. The van der Waals surface area contributed by atoms with E-state index >= 15 is 0 Å². The number of carboxylic acid groups (broad SMARTS) is 1. The van der Waals surface area contributed by atoms with Crippen molar-refractivity contribution >= 4 is 5.97 Å². The van der Waals surface area contributed by atoms with Gasteiger partial charge in [0.1, 0.15) is 5.54 Å². The Morgan fingerprint density at radius 3 is 2.47 bits per heavy atom. The van der Waals surface area contributed by atoms with Crippen molar-refractivity contribution in [3.63, 3.8) is 0 Å². The second kappa shape index (κ2) is 5.80. The fourth-order valence-electron chi connectivity index (χ4n) is 1.59. The van der Waals surface area contributed by atoms with Crippen LogP contribution in [0.2, 0.25) is 0 Å². The van der Waals surface area contributed by atoms with Crippen LogP contribution in [0.4, 0.5) is 0 Å². The van der Waals surface area contributed by atoms with Gasteiger partial charge in [-0.05, 0) is 19.4 Å². The zero-order valence-corrected chi connectivity index (χ0v) is 10.5. The average molecular weight is 237 g/mol. The van der Waals surface area contributed by atoms with E-state index in [0.717, 1.165) is 11.1 Å². The summed E-state index contributed by atoms with van der Waals surface area (Å²) in [6.07, 6.45) is 0. The standard InChI is InChI=1S/C13H19NO3/c1-10-4-6-11(7-5-10)13(2,12(15)16)14-8-9-17-3/h4-7,14H,8-9H2,1-3H3,(H,15,16). The molecule has 1 aromatic rings. The van der Waals surface area contributed by atoms with Gasteiger partial charge in [-0.15, -0.1) is 0 Å². The molecular formula is C13H19NO3. The first-order valence-electron chi connectivity index (χ1n) is 5.55. The van der Waals surface area contributed by atoms with Crippen LogP contribution in [-0.4, -0.2) is 31.3 Å². The highest BCUT2D eigenvalue weighted by Gasteiger charge is 2.34. The molecule has 0 radical (unpaired) electrons. The van der Waals surface area contributed by atoms with Crippen molar-refractivity contribution in [1.29, 1.82) is 0 Å². The summed E-state index contributed by atoms with van der Waals surface area (Å²) in [6.45, 7) is 4.61. The third kappa shape index (κ3) is 3.28. The van der Waals surface area contributed by atoms with Gasteiger partial charge in [0, 0.05) is 13.7 Å². The van der Waals surface area contributed by atoms with Crippen molar-refractivity contribution in [2.24, 2.45) is 0 Å². The van der Waals surface area contributed by atoms with Crippen LogP contribution >= 0.6 is 0 Å². The molecule has 0 aliphatic heterocycles. The molecule has 0 fully saturated rings. The van der Waals surface area contributed by atoms with Crippen molar-refractivity contribution in [1.82, 2.24) is 5.32 Å². The monoisotopic (exact) mass is 237 g/mol. The van der Waals surface area contributed by atoms with Crippen molar-refractivity contribution in [2.75, 3.05) is 20.3 Å². The largest absolute Gasteiger partial charge is 0.480 e. The van der Waals surface area contributed by atoms with Gasteiger partial charge in [0.25, 0.3) is 0 Å². The van der Waals surface area contributed by atoms with E-state index in [4.69, 9.17) is 4.74 Å². The Hall–Kier alpha value is -1.39. The summed E-state index contributed by atoms with van der Waals surface area (Å²) < 4.78 is 4.92. The SMILES string of the molecule is COCCNC(C)(C(=O)O)c1ccc(C)cc1. The van der Waals surface area contributed by atoms with E-state index in [1.807, 2.05) is 31.2 Å². The average Bonchev–Trinajstić information content (AvgIpc) is 2.29. The molecule has 1 atom stereocenters. The molecule has 0 aromatic heterocycles. The topological polar surface area (TPSA) is 58.6 Å². The zero-order chi connectivity index (χ0) is 12.9. The van der Waals surface area contributed by atoms with Crippen LogP contribution in [0.15, 0.2) is 24.3 Å². The van der Waals surface area contributed by atoms with Gasteiger partial charge in [-0.25, -0.2) is 4.79 Å². The van der Waals surface area contributed by atoms with E-state index in [-0.39, 0.29) is 0 Å². The van der Waals surface area contributed by atoms with Crippen LogP contribution in [0, 0.1) is 6.92 Å². The third-order valence-corrected chi connectivity index (χ3v) is 2.84. The summed E-state index contributed by atoms with van der Waals surface area (Å²) in [5.41, 5.74) is 0.775. The van der Waals surface area contributed by atoms with Crippen molar-refractivity contribution in [3.8, 4) is 0 Å². The van der Waals surface area contributed by atoms with Crippen molar-refractivity contribution in [3.05, 3.63) is 35.4 Å². The summed E-state index contributed by atoms with van der Waals surface area (Å²) in [5, 5.41) is 12.4. The molecule has 4 nitrogen and oxygen atoms in total. The molecule has 94 valence electrons. The minimum atomic E-state index is -1.08. The lowest BCUT2D eigenvalue weighted by atomic mass is 9.91. The number of aliphatic carboxylic acids is 1. The van der Waals surface area contributed by atoms with Crippen LogP contribution in [0.25, 0.3) is 0 Å². The van der Waals surface area contributed by atoms with E-state index in [1.165, 1.54) is 0 Å². The molecule has 1 aromatic carbocycles. The number of carboxylic acids is 1. The fraction of sp³-hybridized carbons (Fsp3) is 0.462.